The Labute approximate surface area is 134 Å². The van der Waals surface area contributed by atoms with Gasteiger partial charge in [0.2, 0.25) is 5.91 Å². The minimum absolute atomic E-state index is 0.565. The van der Waals surface area contributed by atoms with E-state index < -0.39 is 16.8 Å². The van der Waals surface area contributed by atoms with E-state index >= 15 is 0 Å². The Balaban J connectivity index is 2.29. The summed E-state index contributed by atoms with van der Waals surface area (Å²) in [7, 11) is 1.59. The van der Waals surface area contributed by atoms with Crippen LogP contribution in [0.15, 0.2) is 59.5 Å². The molecule has 0 aliphatic carbocycles. The Morgan fingerprint density at radius 3 is 2.27 bits per heavy atom. The highest BCUT2D eigenvalue weighted by Gasteiger charge is 2.41. The van der Waals surface area contributed by atoms with E-state index in [1.165, 1.54) is 11.8 Å². The van der Waals surface area contributed by atoms with Crippen molar-refractivity contribution >= 4 is 17.7 Å². The third-order valence-corrected chi connectivity index (χ3v) is 4.87. The number of thioether (sulfide) groups is 1. The van der Waals surface area contributed by atoms with Crippen molar-refractivity contribution in [3.05, 3.63) is 60.2 Å². The number of aliphatic hydroxyl groups excluding tert-OH is 1. The van der Waals surface area contributed by atoms with Crippen LogP contribution in [0, 0.1) is 0 Å². The van der Waals surface area contributed by atoms with Gasteiger partial charge in [-0.2, -0.15) is 0 Å². The van der Waals surface area contributed by atoms with Crippen LogP contribution in [0.1, 0.15) is 18.6 Å². The summed E-state index contributed by atoms with van der Waals surface area (Å²) in [4.78, 5) is 12.8. The van der Waals surface area contributed by atoms with Crippen LogP contribution in [0.4, 0.5) is 0 Å². The number of primary amides is 1. The zero-order chi connectivity index (χ0) is 16.2. The van der Waals surface area contributed by atoms with Crippen LogP contribution in [0.5, 0.6) is 5.75 Å². The van der Waals surface area contributed by atoms with Gasteiger partial charge >= 0.3 is 0 Å². The van der Waals surface area contributed by atoms with Crippen molar-refractivity contribution in [2.75, 3.05) is 7.11 Å². The van der Waals surface area contributed by atoms with Gasteiger partial charge < -0.3 is 15.6 Å². The maximum Gasteiger partial charge on any atom is 0.236 e. The molecule has 2 aromatic carbocycles. The first-order chi connectivity index (χ1) is 10.5. The average molecular weight is 317 g/mol. The summed E-state index contributed by atoms with van der Waals surface area (Å²) >= 11 is 1.24. The SMILES string of the molecule is COc1ccc(SC(C)(C(N)=O)C(O)c2ccccc2)cc1. The third-order valence-electron chi connectivity index (χ3n) is 3.52. The third kappa shape index (κ3) is 3.43. The van der Waals surface area contributed by atoms with Gasteiger partial charge in [-0.15, -0.1) is 11.8 Å². The Hall–Kier alpha value is -1.98. The van der Waals surface area contributed by atoms with Crippen LogP contribution in [0.2, 0.25) is 0 Å². The first-order valence-electron chi connectivity index (χ1n) is 6.83. The van der Waals surface area contributed by atoms with E-state index in [0.717, 1.165) is 10.6 Å². The first kappa shape index (κ1) is 16.4. The monoisotopic (exact) mass is 317 g/mol. The number of rotatable bonds is 6. The van der Waals surface area contributed by atoms with Gasteiger partial charge in [-0.1, -0.05) is 30.3 Å². The summed E-state index contributed by atoms with van der Waals surface area (Å²) in [5, 5.41) is 10.6. The lowest BCUT2D eigenvalue weighted by Crippen LogP contribution is -2.43. The fourth-order valence-electron chi connectivity index (χ4n) is 2.08. The largest absolute Gasteiger partial charge is 0.497 e. The summed E-state index contributed by atoms with van der Waals surface area (Å²) in [6, 6.07) is 16.3. The maximum absolute atomic E-state index is 12.0. The van der Waals surface area contributed by atoms with Crippen LogP contribution in [0.25, 0.3) is 0 Å². The molecule has 2 aromatic rings. The lowest BCUT2D eigenvalue weighted by molar-refractivity contribution is -0.122. The van der Waals surface area contributed by atoms with Gasteiger partial charge in [-0.3, -0.25) is 4.79 Å². The fraction of sp³-hybridized carbons (Fsp3) is 0.235. The van der Waals surface area contributed by atoms with E-state index in [4.69, 9.17) is 10.5 Å². The molecular formula is C17H19NO3S. The molecular weight excluding hydrogens is 298 g/mol. The van der Waals surface area contributed by atoms with Crippen molar-refractivity contribution in [1.29, 1.82) is 0 Å². The van der Waals surface area contributed by atoms with Crippen molar-refractivity contribution in [1.82, 2.24) is 0 Å². The molecule has 0 saturated heterocycles. The quantitative estimate of drug-likeness (QED) is 0.804. The van der Waals surface area contributed by atoms with E-state index in [-0.39, 0.29) is 0 Å². The number of carbonyl (C=O) groups is 1. The summed E-state index contributed by atoms with van der Waals surface area (Å²) in [6.45, 7) is 1.65. The molecule has 2 rings (SSSR count). The molecule has 0 radical (unpaired) electrons. The van der Waals surface area contributed by atoms with Crippen molar-refractivity contribution in [2.24, 2.45) is 5.73 Å². The van der Waals surface area contributed by atoms with Gasteiger partial charge in [0.15, 0.2) is 0 Å². The van der Waals surface area contributed by atoms with Gasteiger partial charge in [0.05, 0.1) is 7.11 Å². The molecule has 1 amide bonds. The van der Waals surface area contributed by atoms with E-state index in [2.05, 4.69) is 0 Å². The highest BCUT2D eigenvalue weighted by atomic mass is 32.2. The van der Waals surface area contributed by atoms with Crippen LogP contribution in [-0.2, 0) is 4.79 Å². The Morgan fingerprint density at radius 2 is 1.77 bits per heavy atom. The number of ether oxygens (including phenoxy) is 1. The molecule has 0 bridgehead atoms. The Morgan fingerprint density at radius 1 is 1.18 bits per heavy atom. The lowest BCUT2D eigenvalue weighted by atomic mass is 9.96. The average Bonchev–Trinajstić information content (AvgIpc) is 2.55. The van der Waals surface area contributed by atoms with Crippen LogP contribution >= 0.6 is 11.8 Å². The molecule has 0 saturated carbocycles. The number of benzene rings is 2. The standard InChI is InChI=1S/C17H19NO3S/c1-17(16(18)20,15(19)12-6-4-3-5-7-12)22-14-10-8-13(21-2)9-11-14/h3-11,15,19H,1-2H3,(H2,18,20). The molecule has 0 aliphatic heterocycles. The number of aliphatic hydroxyl groups is 1. The van der Waals surface area contributed by atoms with E-state index in [1.807, 2.05) is 30.3 Å². The molecule has 22 heavy (non-hydrogen) atoms. The Bertz CT molecular complexity index is 630. The van der Waals surface area contributed by atoms with Gasteiger partial charge in [0.25, 0.3) is 0 Å². The number of nitrogens with two attached hydrogens (primary N) is 1. The minimum Gasteiger partial charge on any atom is -0.497 e. The zero-order valence-corrected chi connectivity index (χ0v) is 13.3. The number of methoxy groups -OCH3 is 1. The summed E-state index contributed by atoms with van der Waals surface area (Å²) < 4.78 is 3.94. The molecule has 2 unspecified atom stereocenters. The minimum atomic E-state index is -1.17. The van der Waals surface area contributed by atoms with Gasteiger partial charge in [-0.25, -0.2) is 0 Å². The topological polar surface area (TPSA) is 72.5 Å². The summed E-state index contributed by atoms with van der Waals surface area (Å²) in [6.07, 6.45) is -1.00. The highest BCUT2D eigenvalue weighted by Crippen LogP contribution is 2.42. The predicted octanol–water partition coefficient (Wildman–Crippen LogP) is 2.76. The molecule has 0 aromatic heterocycles. The second-order valence-corrected chi connectivity index (χ2v) is 6.59. The number of hydrogen-bond donors (Lipinski definition) is 2. The molecule has 116 valence electrons. The van der Waals surface area contributed by atoms with Gasteiger partial charge in [0.1, 0.15) is 16.6 Å². The van der Waals surface area contributed by atoms with E-state index in [9.17, 15) is 9.90 Å². The predicted molar refractivity (Wildman–Crippen MR) is 87.9 cm³/mol. The van der Waals surface area contributed by atoms with Crippen LogP contribution in [-0.4, -0.2) is 22.9 Å². The normalized spacial score (nSPS) is 14.9. The Kier molecular flexibility index (Phi) is 5.11. The lowest BCUT2D eigenvalue weighted by Gasteiger charge is -2.31. The van der Waals surface area contributed by atoms with Gasteiger partial charge in [0, 0.05) is 4.90 Å². The zero-order valence-electron chi connectivity index (χ0n) is 12.5. The summed E-state index contributed by atoms with van der Waals surface area (Å²) in [5.41, 5.74) is 6.23. The molecule has 5 heteroatoms. The van der Waals surface area contributed by atoms with E-state index in [0.29, 0.717) is 5.56 Å². The highest BCUT2D eigenvalue weighted by molar-refractivity contribution is 8.01. The number of amides is 1. The van der Waals surface area contributed by atoms with Crippen LogP contribution in [0.3, 0.4) is 0 Å². The molecule has 0 spiro atoms. The summed E-state index contributed by atoms with van der Waals surface area (Å²) in [5.74, 6) is 0.165. The molecule has 2 atom stereocenters. The van der Waals surface area contributed by atoms with Crippen molar-refractivity contribution in [3.63, 3.8) is 0 Å². The van der Waals surface area contributed by atoms with Crippen molar-refractivity contribution in [2.45, 2.75) is 22.7 Å². The van der Waals surface area contributed by atoms with Crippen molar-refractivity contribution in [3.8, 4) is 5.75 Å². The molecule has 0 fully saturated rings. The molecule has 4 nitrogen and oxygen atoms in total. The maximum atomic E-state index is 12.0. The second-order valence-electron chi connectivity index (χ2n) is 5.06. The first-order valence-corrected chi connectivity index (χ1v) is 7.65. The fourth-order valence-corrected chi connectivity index (χ4v) is 3.19. The van der Waals surface area contributed by atoms with E-state index in [1.54, 1.807) is 38.3 Å². The molecule has 0 aliphatic rings. The van der Waals surface area contributed by atoms with Crippen LogP contribution < -0.4 is 10.5 Å². The molecule has 0 heterocycles. The van der Waals surface area contributed by atoms with Gasteiger partial charge in [-0.05, 0) is 36.8 Å². The molecule has 3 N–H and O–H groups in total. The number of carbonyl (C=O) groups excluding carboxylic acids is 1. The second kappa shape index (κ2) is 6.85. The smallest absolute Gasteiger partial charge is 0.236 e. The van der Waals surface area contributed by atoms with Crippen molar-refractivity contribution < 1.29 is 14.6 Å². The number of hydrogen-bond acceptors (Lipinski definition) is 4.